The second-order valence-corrected chi connectivity index (χ2v) is 3.77. The first kappa shape index (κ1) is 12.6. The molecule has 19 heavy (non-hydrogen) atoms. The van der Waals surface area contributed by atoms with Crippen molar-refractivity contribution >= 4 is 17.5 Å². The molecule has 0 aliphatic carbocycles. The molecule has 5 N–H and O–H groups in total. The molecule has 0 bridgehead atoms. The van der Waals surface area contributed by atoms with Crippen molar-refractivity contribution in [1.29, 1.82) is 0 Å². The zero-order valence-corrected chi connectivity index (χ0v) is 9.84. The first-order chi connectivity index (χ1) is 8.95. The van der Waals surface area contributed by atoms with E-state index in [9.17, 15) is 15.0 Å². The monoisotopic (exact) mass is 265 g/mol. The van der Waals surface area contributed by atoms with E-state index in [-0.39, 0.29) is 11.5 Å². The lowest BCUT2D eigenvalue weighted by molar-refractivity contribution is 0.262. The summed E-state index contributed by atoms with van der Waals surface area (Å²) in [6.07, 6.45) is 0. The van der Waals surface area contributed by atoms with E-state index in [1.54, 1.807) is 6.92 Å². The fourth-order valence-corrected chi connectivity index (χ4v) is 1.38. The van der Waals surface area contributed by atoms with Crippen LogP contribution in [-0.2, 0) is 0 Å². The second kappa shape index (κ2) is 4.77. The van der Waals surface area contributed by atoms with Gasteiger partial charge < -0.3 is 25.2 Å². The molecule has 0 spiro atoms. The van der Waals surface area contributed by atoms with Crippen molar-refractivity contribution in [3.8, 4) is 17.2 Å². The zero-order chi connectivity index (χ0) is 14.0. The number of aryl methyl sites for hydroxylation is 1. The average Bonchev–Trinajstić information content (AvgIpc) is 2.71. The van der Waals surface area contributed by atoms with Crippen molar-refractivity contribution in [2.75, 3.05) is 10.6 Å². The van der Waals surface area contributed by atoms with Crippen LogP contribution in [0.25, 0.3) is 0 Å². The van der Waals surface area contributed by atoms with Gasteiger partial charge in [0.05, 0.1) is 5.69 Å². The van der Waals surface area contributed by atoms with Crippen LogP contribution in [0, 0.1) is 6.92 Å². The zero-order valence-electron chi connectivity index (χ0n) is 9.84. The van der Waals surface area contributed by atoms with Crippen LogP contribution < -0.4 is 10.6 Å². The molecule has 1 heterocycles. The van der Waals surface area contributed by atoms with E-state index in [2.05, 4.69) is 15.8 Å². The number of nitrogens with zero attached hydrogens (tertiary/aromatic N) is 1. The molecule has 0 aliphatic heterocycles. The Bertz CT molecular complexity index is 600. The summed E-state index contributed by atoms with van der Waals surface area (Å²) in [6, 6.07) is 3.05. The highest BCUT2D eigenvalue weighted by molar-refractivity contribution is 5.99. The van der Waals surface area contributed by atoms with E-state index >= 15 is 0 Å². The maximum atomic E-state index is 11.6. The van der Waals surface area contributed by atoms with Crippen molar-refractivity contribution in [2.45, 2.75) is 6.92 Å². The van der Waals surface area contributed by atoms with Gasteiger partial charge in [-0.05, 0) is 6.92 Å². The number of phenols is 3. The van der Waals surface area contributed by atoms with Gasteiger partial charge in [-0.25, -0.2) is 4.79 Å². The number of carbonyl (C=O) groups excluding carboxylic acids is 1. The third kappa shape index (κ3) is 2.86. The fourth-order valence-electron chi connectivity index (χ4n) is 1.38. The van der Waals surface area contributed by atoms with E-state index in [1.165, 1.54) is 6.07 Å². The Kier molecular flexibility index (Phi) is 3.15. The van der Waals surface area contributed by atoms with Crippen LogP contribution in [0.5, 0.6) is 17.2 Å². The Hall–Kier alpha value is -2.90. The predicted octanol–water partition coefficient (Wildman–Crippen LogP) is 1.74. The first-order valence-electron chi connectivity index (χ1n) is 5.22. The lowest BCUT2D eigenvalue weighted by atomic mass is 10.2. The summed E-state index contributed by atoms with van der Waals surface area (Å²) in [5.41, 5.74) is 0.102. The number of anilines is 2. The van der Waals surface area contributed by atoms with Crippen LogP contribution in [-0.4, -0.2) is 26.5 Å². The van der Waals surface area contributed by atoms with Crippen LogP contribution in [0.4, 0.5) is 16.3 Å². The molecular formula is C11H11N3O5. The summed E-state index contributed by atoms with van der Waals surface area (Å²) >= 11 is 0. The van der Waals surface area contributed by atoms with Crippen molar-refractivity contribution in [3.63, 3.8) is 0 Å². The minimum atomic E-state index is -0.655. The number of carbonyl (C=O) groups is 1. The number of phenolic OH excluding ortho intramolecular Hbond substituents is 3. The Morgan fingerprint density at radius 3 is 2.32 bits per heavy atom. The Morgan fingerprint density at radius 1 is 1.16 bits per heavy atom. The maximum absolute atomic E-state index is 11.6. The van der Waals surface area contributed by atoms with Crippen molar-refractivity contribution < 1.29 is 24.6 Å². The SMILES string of the molecule is Cc1cc(NC(=O)Nc2cc(O)c(O)c(O)c2)no1. The second-order valence-electron chi connectivity index (χ2n) is 3.77. The molecule has 8 heteroatoms. The van der Waals surface area contributed by atoms with Gasteiger partial charge >= 0.3 is 6.03 Å². The molecule has 2 rings (SSSR count). The molecular weight excluding hydrogens is 254 g/mol. The van der Waals surface area contributed by atoms with Crippen molar-refractivity contribution in [3.05, 3.63) is 24.0 Å². The van der Waals surface area contributed by atoms with E-state index in [4.69, 9.17) is 9.63 Å². The molecule has 8 nitrogen and oxygen atoms in total. The largest absolute Gasteiger partial charge is 0.504 e. The topological polar surface area (TPSA) is 128 Å². The quantitative estimate of drug-likeness (QED) is 0.415. The molecule has 0 fully saturated rings. The van der Waals surface area contributed by atoms with Crippen LogP contribution in [0.1, 0.15) is 5.76 Å². The van der Waals surface area contributed by atoms with Gasteiger partial charge in [0, 0.05) is 18.2 Å². The number of hydrogen-bond donors (Lipinski definition) is 5. The average molecular weight is 265 g/mol. The Labute approximate surface area is 107 Å². The molecule has 0 saturated heterocycles. The number of urea groups is 1. The molecule has 0 aliphatic rings. The van der Waals surface area contributed by atoms with Gasteiger partial charge in [0.1, 0.15) is 5.76 Å². The molecule has 0 radical (unpaired) electrons. The van der Waals surface area contributed by atoms with Crippen LogP contribution in [0.15, 0.2) is 22.7 Å². The van der Waals surface area contributed by atoms with Gasteiger partial charge in [0.25, 0.3) is 0 Å². The highest BCUT2D eigenvalue weighted by atomic mass is 16.5. The molecule has 2 aromatic rings. The van der Waals surface area contributed by atoms with Gasteiger partial charge in [-0.15, -0.1) is 0 Å². The minimum Gasteiger partial charge on any atom is -0.504 e. The smallest absolute Gasteiger partial charge is 0.324 e. The normalized spacial score (nSPS) is 10.2. The lowest BCUT2D eigenvalue weighted by Crippen LogP contribution is -2.19. The van der Waals surface area contributed by atoms with Gasteiger partial charge in [0.15, 0.2) is 23.1 Å². The number of benzene rings is 1. The maximum Gasteiger partial charge on any atom is 0.324 e. The third-order valence-electron chi connectivity index (χ3n) is 2.20. The highest BCUT2D eigenvalue weighted by Gasteiger charge is 2.11. The summed E-state index contributed by atoms with van der Waals surface area (Å²) < 4.78 is 4.76. The number of aromatic nitrogens is 1. The highest BCUT2D eigenvalue weighted by Crippen LogP contribution is 2.37. The molecule has 0 atom stereocenters. The van der Waals surface area contributed by atoms with Crippen molar-refractivity contribution in [1.82, 2.24) is 5.16 Å². The van der Waals surface area contributed by atoms with Crippen LogP contribution in [0.2, 0.25) is 0 Å². The minimum absolute atomic E-state index is 0.102. The molecule has 2 amide bonds. The van der Waals surface area contributed by atoms with Gasteiger partial charge in [-0.3, -0.25) is 5.32 Å². The molecule has 1 aromatic carbocycles. The van der Waals surface area contributed by atoms with E-state index < -0.39 is 23.3 Å². The number of rotatable bonds is 2. The van der Waals surface area contributed by atoms with E-state index in [1.807, 2.05) is 0 Å². The standard InChI is InChI=1S/C11H11N3O5/c1-5-2-9(14-19-5)13-11(18)12-6-3-7(15)10(17)8(16)4-6/h2-4,15-17H,1H3,(H2,12,13,14,18). The molecule has 1 aromatic heterocycles. The van der Waals surface area contributed by atoms with Crippen LogP contribution in [0.3, 0.4) is 0 Å². The number of amides is 2. The summed E-state index contributed by atoms with van der Waals surface area (Å²) in [4.78, 5) is 11.6. The molecule has 100 valence electrons. The number of aromatic hydroxyl groups is 3. The van der Waals surface area contributed by atoms with E-state index in [0.29, 0.717) is 5.76 Å². The molecule has 0 saturated carbocycles. The predicted molar refractivity (Wildman–Crippen MR) is 65.3 cm³/mol. The van der Waals surface area contributed by atoms with E-state index in [0.717, 1.165) is 12.1 Å². The Morgan fingerprint density at radius 2 is 1.79 bits per heavy atom. The number of nitrogens with one attached hydrogen (secondary N) is 2. The van der Waals surface area contributed by atoms with Gasteiger partial charge in [-0.1, -0.05) is 5.16 Å². The van der Waals surface area contributed by atoms with Crippen LogP contribution >= 0.6 is 0 Å². The lowest BCUT2D eigenvalue weighted by Gasteiger charge is -2.07. The summed E-state index contributed by atoms with van der Waals surface area (Å²) in [6.45, 7) is 1.67. The number of hydrogen-bond acceptors (Lipinski definition) is 6. The van der Waals surface area contributed by atoms with Gasteiger partial charge in [-0.2, -0.15) is 0 Å². The fraction of sp³-hybridized carbons (Fsp3) is 0.0909. The third-order valence-corrected chi connectivity index (χ3v) is 2.20. The summed E-state index contributed by atoms with van der Waals surface area (Å²) in [7, 11) is 0. The summed E-state index contributed by atoms with van der Waals surface area (Å²) in [5, 5.41) is 36.0. The van der Waals surface area contributed by atoms with Gasteiger partial charge in [0.2, 0.25) is 0 Å². The summed E-state index contributed by atoms with van der Waals surface area (Å²) in [5.74, 6) is -0.990. The van der Waals surface area contributed by atoms with Crippen molar-refractivity contribution in [2.24, 2.45) is 0 Å². The first-order valence-corrected chi connectivity index (χ1v) is 5.22. The molecule has 0 unspecified atom stereocenters. The Balaban J connectivity index is 2.07.